The van der Waals surface area contributed by atoms with Crippen LogP contribution in [0.3, 0.4) is 0 Å². The van der Waals surface area contributed by atoms with Crippen LogP contribution in [0.15, 0.2) is 34.6 Å². The number of aliphatic hydroxyl groups excluding tert-OH is 3. The maximum absolute atomic E-state index is 16.6. The van der Waals surface area contributed by atoms with Gasteiger partial charge < -0.3 is 43.6 Å². The van der Waals surface area contributed by atoms with Crippen LogP contribution in [0.25, 0.3) is 0 Å². The number of allylic oxidation sites excluding steroid dienone is 1. The molecule has 0 radical (unpaired) electrons. The molecule has 0 aromatic carbocycles. The average molecular weight is 997 g/mol. The molecule has 17 rings (SSSR count). The molecule has 4 N–H and O–H groups in total. The molecular weight excluding hydrogens is 925 g/mol. The van der Waals surface area contributed by atoms with Gasteiger partial charge in [0.05, 0.1) is 54.4 Å². The minimum atomic E-state index is -1.50. The molecule has 73 heavy (non-hydrogen) atoms. The van der Waals surface area contributed by atoms with Crippen LogP contribution in [0.5, 0.6) is 0 Å². The summed E-state index contributed by atoms with van der Waals surface area (Å²) in [6.07, 6.45) is 18.8. The normalized spacial score (nSPS) is 55.8. The quantitative estimate of drug-likeness (QED) is 0.123. The molecule has 16 aliphatic rings. The van der Waals surface area contributed by atoms with Gasteiger partial charge >= 0.3 is 11.9 Å². The number of epoxide rings is 1. The number of nitrogens with zero attached hydrogens (tertiary/aromatic N) is 1. The standard InChI is InChI=1S/C60H72N2O11/c1-53-18-15-37-21-36-7-5-17-55(36)24-34-23-54(2)58-35(13-10-33-27-69-43(44(33)58)22-39(42(64)26-63)31-11-14-38-32(20-31)16-19-62-29-61-25-41(38)62)12-9-30-6-3-4-8-40(30)57(60(54)50(71-60)52(68)72-58)46(34)56(47(53)45(65)49(57)66)28-70-51(67)48(55)59(37,56)73-53/h15-16,19,27,30-32,34-36,38-42,46-50,61,63-64,66H,3-8,10-11,13-14,17-18,20-26,28-29H2,1-2H3. The number of esters is 2. The number of hydrogen-bond acceptors (Lipinski definition) is 13. The Morgan fingerprint density at radius 1 is 0.986 bits per heavy atom. The third-order valence-corrected chi connectivity index (χ3v) is 25.9. The van der Waals surface area contributed by atoms with E-state index in [0.717, 1.165) is 101 Å². The summed E-state index contributed by atoms with van der Waals surface area (Å²) in [7, 11) is 0. The van der Waals surface area contributed by atoms with E-state index < -0.39 is 92.0 Å². The minimum absolute atomic E-state index is 0.0414. The lowest BCUT2D eigenvalue weighted by Gasteiger charge is -2.74. The van der Waals surface area contributed by atoms with Gasteiger partial charge in [0.2, 0.25) is 0 Å². The summed E-state index contributed by atoms with van der Waals surface area (Å²) in [5, 5.41) is 40.7. The topological polar surface area (TPSA) is 181 Å². The van der Waals surface area contributed by atoms with Gasteiger partial charge in [0.25, 0.3) is 0 Å². The number of rotatable bonds is 5. The summed E-state index contributed by atoms with van der Waals surface area (Å²) in [5.74, 6) is 5.78. The van der Waals surface area contributed by atoms with Crippen LogP contribution in [0.4, 0.5) is 0 Å². The second-order valence-corrected chi connectivity index (χ2v) is 27.7. The number of aliphatic hydroxyl groups is 3. The fourth-order valence-corrected chi connectivity index (χ4v) is 24.2. The van der Waals surface area contributed by atoms with Crippen LogP contribution in [-0.4, -0.2) is 106 Å². The third kappa shape index (κ3) is 4.57. The molecule has 1 aromatic heterocycles. The Hall–Kier alpha value is -3.51. The van der Waals surface area contributed by atoms with E-state index in [1.807, 2.05) is 6.26 Å². The van der Waals surface area contributed by atoms with Crippen LogP contribution in [0.2, 0.25) is 0 Å². The molecular formula is C60H72N2O11. The first-order valence-electron chi connectivity index (χ1n) is 29.0. The van der Waals surface area contributed by atoms with E-state index >= 15 is 14.4 Å². The number of nitrogens with one attached hydrogen (secondary N) is 1. The van der Waals surface area contributed by atoms with Gasteiger partial charge in [0.1, 0.15) is 29.7 Å². The molecule has 13 heteroatoms. The molecule has 5 saturated heterocycles. The number of aryl methyl sites for hydroxylation is 1. The molecule has 0 amide bonds. The van der Waals surface area contributed by atoms with E-state index in [1.165, 1.54) is 5.57 Å². The lowest BCUT2D eigenvalue weighted by atomic mass is 9.28. The highest BCUT2D eigenvalue weighted by molar-refractivity contribution is 5.94. The van der Waals surface area contributed by atoms with Gasteiger partial charge in [-0.05, 0) is 160 Å². The summed E-state index contributed by atoms with van der Waals surface area (Å²) < 4.78 is 36.5. The minimum Gasteiger partial charge on any atom is -0.469 e. The predicted molar refractivity (Wildman–Crippen MR) is 259 cm³/mol. The lowest BCUT2D eigenvalue weighted by Crippen LogP contribution is -2.84. The lowest BCUT2D eigenvalue weighted by molar-refractivity contribution is -0.319. The van der Waals surface area contributed by atoms with Gasteiger partial charge in [-0.1, -0.05) is 50.2 Å². The first kappa shape index (κ1) is 44.6. The summed E-state index contributed by atoms with van der Waals surface area (Å²) in [6, 6.07) is 0.463. The van der Waals surface area contributed by atoms with Crippen molar-refractivity contribution in [3.8, 4) is 11.8 Å². The molecule has 13 nitrogen and oxygen atoms in total. The van der Waals surface area contributed by atoms with Gasteiger partial charge in [-0.15, -0.1) is 0 Å². The largest absolute Gasteiger partial charge is 0.469 e. The maximum Gasteiger partial charge on any atom is 0.339 e. The zero-order chi connectivity index (χ0) is 49.2. The number of carbonyl (C=O) groups excluding carboxylic acids is 3. The highest BCUT2D eigenvalue weighted by Gasteiger charge is 3.00. The predicted octanol–water partition coefficient (Wildman–Crippen LogP) is 5.66. The Labute approximate surface area is 427 Å². The fraction of sp³-hybridized carbons (Fsp3) is 0.783. The molecule has 24 unspecified atom stereocenters. The van der Waals surface area contributed by atoms with Crippen molar-refractivity contribution in [2.75, 3.05) is 26.4 Å². The van der Waals surface area contributed by atoms with Crippen molar-refractivity contribution in [3.05, 3.63) is 47.1 Å². The Morgan fingerprint density at radius 3 is 2.74 bits per heavy atom. The average Bonchev–Trinajstić information content (AvgIpc) is 3.65. The second kappa shape index (κ2) is 14.0. The fourth-order valence-electron chi connectivity index (χ4n) is 24.2. The van der Waals surface area contributed by atoms with E-state index in [-0.39, 0.29) is 60.5 Å². The van der Waals surface area contributed by atoms with Crippen molar-refractivity contribution in [3.63, 3.8) is 0 Å². The van der Waals surface area contributed by atoms with Gasteiger partial charge in [-0.25, -0.2) is 4.79 Å². The number of fused-ring (bicyclic) bond motifs is 7. The number of ketones is 1. The van der Waals surface area contributed by atoms with Crippen LogP contribution in [-0.2, 0) is 51.8 Å². The highest BCUT2D eigenvalue weighted by atomic mass is 16.7. The highest BCUT2D eigenvalue weighted by Crippen LogP contribution is 2.91. The summed E-state index contributed by atoms with van der Waals surface area (Å²) >= 11 is 0. The molecule has 24 atom stereocenters. The number of hydrogen-bond donors (Lipinski definition) is 4. The summed E-state index contributed by atoms with van der Waals surface area (Å²) in [4.78, 5) is 50.0. The molecule has 12 fully saturated rings. The number of furan rings is 1. The van der Waals surface area contributed by atoms with Gasteiger partial charge in [-0.2, -0.15) is 0 Å². The van der Waals surface area contributed by atoms with Crippen molar-refractivity contribution in [2.24, 2.45) is 92.7 Å². The Balaban J connectivity index is 0.899. The monoisotopic (exact) mass is 997 g/mol. The van der Waals surface area contributed by atoms with E-state index in [4.69, 9.17) is 23.4 Å². The van der Waals surface area contributed by atoms with Crippen LogP contribution < -0.4 is 5.32 Å². The van der Waals surface area contributed by atoms with Crippen molar-refractivity contribution in [1.82, 2.24) is 10.2 Å². The third-order valence-electron chi connectivity index (χ3n) is 25.9. The Bertz CT molecular complexity index is 2830. The smallest absolute Gasteiger partial charge is 0.339 e. The summed E-state index contributed by atoms with van der Waals surface area (Å²) in [6.45, 7) is 5.89. The molecule has 9 bridgehead atoms. The number of ether oxygens (including phenoxy) is 4. The van der Waals surface area contributed by atoms with Crippen LogP contribution in [0.1, 0.15) is 127 Å². The zero-order valence-electron chi connectivity index (χ0n) is 42.5. The van der Waals surface area contributed by atoms with Crippen molar-refractivity contribution >= 4 is 17.7 Å². The first-order valence-corrected chi connectivity index (χ1v) is 29.0. The molecule has 9 aliphatic carbocycles. The van der Waals surface area contributed by atoms with Gasteiger partial charge in [0, 0.05) is 41.3 Å². The van der Waals surface area contributed by atoms with Gasteiger partial charge in [-0.3, -0.25) is 14.9 Å². The molecule has 7 saturated carbocycles. The van der Waals surface area contributed by atoms with E-state index in [1.54, 1.807) is 0 Å². The van der Waals surface area contributed by atoms with E-state index in [2.05, 4.69) is 54.3 Å². The van der Waals surface area contributed by atoms with Crippen molar-refractivity contribution in [2.45, 2.75) is 170 Å². The van der Waals surface area contributed by atoms with Crippen LogP contribution in [0, 0.1) is 105 Å². The van der Waals surface area contributed by atoms with Gasteiger partial charge in [0.15, 0.2) is 17.5 Å². The van der Waals surface area contributed by atoms with E-state index in [0.29, 0.717) is 55.7 Å². The Kier molecular flexibility index (Phi) is 8.53. The van der Waals surface area contributed by atoms with Crippen molar-refractivity contribution < 1.29 is 53.1 Å². The molecule has 8 heterocycles. The van der Waals surface area contributed by atoms with Crippen molar-refractivity contribution in [1.29, 1.82) is 0 Å². The first-order chi connectivity index (χ1) is 35.3. The van der Waals surface area contributed by atoms with Crippen LogP contribution >= 0.6 is 0 Å². The molecule has 7 aliphatic heterocycles. The second-order valence-electron chi connectivity index (χ2n) is 27.7. The summed E-state index contributed by atoms with van der Waals surface area (Å²) in [5.41, 5.74) is -5.66. The molecule has 6 spiro atoms. The number of Topliss-reactive ketones (excluding diaryl/α,β-unsaturated/α-hetero) is 1. The molecule has 1 aromatic rings. The maximum atomic E-state index is 16.6. The number of cyclic esters (lactones) is 1. The number of carbonyl (C=O) groups is 3. The van der Waals surface area contributed by atoms with E-state index in [9.17, 15) is 15.3 Å². The Morgan fingerprint density at radius 2 is 1.86 bits per heavy atom. The molecule has 388 valence electrons. The zero-order valence-corrected chi connectivity index (χ0v) is 42.5. The SMILES string of the molecule is CC12CC=C3CC4CCCC45CC4CC6(C)C78OC(=O)C9OC96C6(C(O)C(=O)C1C1(COC(=O)C5C31O2)C46)C1CCCCC1C#CC7CCc1coc(CC(C(O)CO)C2CCC3C(C=CN4CNCC34)C2)c18.